The molecule has 7 aliphatic carbocycles. The highest BCUT2D eigenvalue weighted by Gasteiger charge is 2.72. The van der Waals surface area contributed by atoms with Crippen molar-refractivity contribution in [1.82, 2.24) is 10.2 Å². The molecule has 348 valence electrons. The Bertz CT molecular complexity index is 1840. The molecule has 14 atom stereocenters. The molecule has 0 spiro atoms. The first-order chi connectivity index (χ1) is 28.7. The van der Waals surface area contributed by atoms with E-state index in [1.165, 1.54) is 12.0 Å². The number of carbonyl (C=O) groups is 4. The van der Waals surface area contributed by atoms with Gasteiger partial charge in [0.15, 0.2) is 0 Å². The zero-order valence-corrected chi connectivity index (χ0v) is 41.1. The maximum atomic E-state index is 15.1. The van der Waals surface area contributed by atoms with Gasteiger partial charge < -0.3 is 24.4 Å². The summed E-state index contributed by atoms with van der Waals surface area (Å²) in [6.07, 6.45) is 11.5. The Morgan fingerprint density at radius 1 is 0.694 bits per heavy atom. The second kappa shape index (κ2) is 15.1. The Hall–Kier alpha value is -2.42. The molecule has 0 aromatic carbocycles. The molecule has 0 bridgehead atoms. The van der Waals surface area contributed by atoms with Gasteiger partial charge in [-0.3, -0.25) is 19.2 Å². The number of fused-ring (bicyclic) bond motifs is 7. The van der Waals surface area contributed by atoms with Crippen LogP contribution in [0.4, 0.5) is 0 Å². The Morgan fingerprint density at radius 2 is 1.35 bits per heavy atom. The van der Waals surface area contributed by atoms with Crippen molar-refractivity contribution in [3.8, 4) is 0 Å². The smallest absolute Gasteiger partial charge is 0.310 e. The van der Waals surface area contributed by atoms with Gasteiger partial charge in [-0.1, -0.05) is 74.5 Å². The quantitative estimate of drug-likeness (QED) is 0.201. The van der Waals surface area contributed by atoms with Crippen LogP contribution < -0.4 is 5.32 Å². The molecule has 2 amide bonds. The van der Waals surface area contributed by atoms with Crippen molar-refractivity contribution < 1.29 is 33.4 Å². The van der Waals surface area contributed by atoms with E-state index in [-0.39, 0.29) is 86.6 Å². The van der Waals surface area contributed by atoms with Gasteiger partial charge in [-0.15, -0.1) is 0 Å². The molecule has 1 aliphatic heterocycles. The van der Waals surface area contributed by atoms with E-state index in [9.17, 15) is 14.4 Å². The Morgan fingerprint density at radius 3 is 1.97 bits per heavy atom. The van der Waals surface area contributed by atoms with E-state index in [4.69, 9.17) is 14.2 Å². The first-order valence-corrected chi connectivity index (χ1v) is 24.9. The predicted octanol–water partition coefficient (Wildman–Crippen LogP) is 9.95. The third-order valence-corrected chi connectivity index (χ3v) is 21.2. The number of allylic oxidation sites excluding steroid dienone is 1. The lowest BCUT2D eigenvalue weighted by atomic mass is 9.32. The van der Waals surface area contributed by atoms with Crippen molar-refractivity contribution in [2.45, 2.75) is 185 Å². The Labute approximate surface area is 374 Å². The highest BCUT2D eigenvalue weighted by atomic mass is 16.6. The van der Waals surface area contributed by atoms with Crippen molar-refractivity contribution in [2.75, 3.05) is 26.3 Å². The van der Waals surface area contributed by atoms with E-state index >= 15 is 4.79 Å². The normalized spacial score (nSPS) is 45.0. The number of morpholine rings is 1. The first-order valence-electron chi connectivity index (χ1n) is 24.9. The van der Waals surface area contributed by atoms with E-state index in [2.05, 4.69) is 67.3 Å². The second-order valence-corrected chi connectivity index (χ2v) is 25.9. The lowest BCUT2D eigenvalue weighted by molar-refractivity contribution is -0.251. The van der Waals surface area contributed by atoms with Gasteiger partial charge in [0.2, 0.25) is 11.8 Å². The van der Waals surface area contributed by atoms with Gasteiger partial charge in [0.1, 0.15) is 11.7 Å². The van der Waals surface area contributed by atoms with Gasteiger partial charge in [-0.2, -0.15) is 0 Å². The molecule has 9 nitrogen and oxygen atoms in total. The van der Waals surface area contributed by atoms with Crippen molar-refractivity contribution in [3.63, 3.8) is 0 Å². The Kier molecular flexibility index (Phi) is 11.2. The van der Waals surface area contributed by atoms with Gasteiger partial charge in [0.25, 0.3) is 0 Å². The number of esters is 2. The van der Waals surface area contributed by atoms with Gasteiger partial charge in [-0.25, -0.2) is 0 Å². The standard InChI is InChI=1S/C53H84N2O7/c1-31(2)32-17-22-53(45(59)54-39-30-34(48(39,8)9)42(56)55-25-27-60-28-26-55)24-23-51(13)33(41(32)53)15-16-38-50(12)20-19-40(49(10,11)37(50)18-21-52(38,51)14)61-43(57)35-29-36(47(35,6)7)44(58)62-46(3,4)5/h32-41H,1,15-30H2,2-14H3,(H,54,59)/t32-,33+,34?,35-,36+,37-,38+,39-,40-,41+,50-,51+,52+,53-/m0/s1. The summed E-state index contributed by atoms with van der Waals surface area (Å²) in [6.45, 7) is 36.0. The minimum absolute atomic E-state index is 0.00667. The molecule has 0 aromatic rings. The summed E-state index contributed by atoms with van der Waals surface area (Å²) in [4.78, 5) is 57.7. The highest BCUT2D eigenvalue weighted by Crippen LogP contribution is 2.78. The van der Waals surface area contributed by atoms with Crippen LogP contribution in [0.5, 0.6) is 0 Å². The minimum Gasteiger partial charge on any atom is -0.462 e. The van der Waals surface area contributed by atoms with Gasteiger partial charge in [0, 0.05) is 30.5 Å². The SMILES string of the molecule is C=C(C)[C@@H]1CC[C@]2(C(=O)N[C@H]3CC(C(=O)N4CCOCC4)C3(C)C)CC[C@]3(C)[C@H](CC[C@@H]4[C@@]5(C)CC[C@H](OC(=O)[C@@H]6C[C@H](C(=O)OC(C)(C)C)C6(C)C)C(C)(C)[C@@H]5CC[C@]43C)[C@@H]12. The fraction of sp³-hybridized carbons (Fsp3) is 0.887. The summed E-state index contributed by atoms with van der Waals surface area (Å²) in [5, 5.41) is 3.64. The monoisotopic (exact) mass is 861 g/mol. The van der Waals surface area contributed by atoms with Crippen LogP contribution in [0.1, 0.15) is 167 Å². The van der Waals surface area contributed by atoms with Crippen LogP contribution in [0.2, 0.25) is 0 Å². The number of carbonyl (C=O) groups excluding carboxylic acids is 4. The van der Waals surface area contributed by atoms with Crippen molar-refractivity contribution in [3.05, 3.63) is 12.2 Å². The van der Waals surface area contributed by atoms with Crippen molar-refractivity contribution in [1.29, 1.82) is 0 Å². The highest BCUT2D eigenvalue weighted by molar-refractivity contribution is 5.86. The average molecular weight is 861 g/mol. The number of amides is 2. The molecule has 9 heteroatoms. The third-order valence-electron chi connectivity index (χ3n) is 21.2. The summed E-state index contributed by atoms with van der Waals surface area (Å²) in [5.41, 5.74) is -0.376. The van der Waals surface area contributed by atoms with E-state index in [1.807, 2.05) is 39.5 Å². The number of ether oxygens (including phenoxy) is 3. The molecule has 8 fully saturated rings. The van der Waals surface area contributed by atoms with E-state index in [0.717, 1.165) is 57.8 Å². The van der Waals surface area contributed by atoms with Crippen LogP contribution in [0, 0.1) is 85.2 Å². The molecule has 1 N–H and O–H groups in total. The van der Waals surface area contributed by atoms with Crippen LogP contribution >= 0.6 is 0 Å². The molecule has 62 heavy (non-hydrogen) atoms. The maximum absolute atomic E-state index is 15.1. The van der Waals surface area contributed by atoms with E-state index in [0.29, 0.717) is 62.8 Å². The summed E-state index contributed by atoms with van der Waals surface area (Å²) in [7, 11) is 0. The second-order valence-electron chi connectivity index (χ2n) is 25.9. The number of nitrogens with zero attached hydrogens (tertiary/aromatic N) is 1. The molecule has 8 aliphatic rings. The van der Waals surface area contributed by atoms with E-state index in [1.54, 1.807) is 0 Å². The lowest BCUT2D eigenvalue weighted by Crippen LogP contribution is -2.68. The molecule has 1 unspecified atom stereocenters. The van der Waals surface area contributed by atoms with Crippen LogP contribution in [-0.2, 0) is 33.4 Å². The third kappa shape index (κ3) is 6.72. The zero-order valence-electron chi connectivity index (χ0n) is 41.1. The van der Waals surface area contributed by atoms with Crippen LogP contribution in [0.25, 0.3) is 0 Å². The van der Waals surface area contributed by atoms with Crippen LogP contribution in [0.3, 0.4) is 0 Å². The number of nitrogens with one attached hydrogen (secondary N) is 1. The summed E-state index contributed by atoms with van der Waals surface area (Å²) in [6, 6.07) is -0.00667. The molecule has 7 saturated carbocycles. The molecule has 0 aromatic heterocycles. The van der Waals surface area contributed by atoms with Gasteiger partial charge >= 0.3 is 11.9 Å². The minimum atomic E-state index is -0.558. The summed E-state index contributed by atoms with van der Waals surface area (Å²) in [5.74, 6) is 1.44. The topological polar surface area (TPSA) is 111 Å². The fourth-order valence-electron chi connectivity index (χ4n) is 16.9. The van der Waals surface area contributed by atoms with Gasteiger partial charge in [-0.05, 0) is 161 Å². The molecule has 1 saturated heterocycles. The molecular weight excluding hydrogens is 777 g/mol. The van der Waals surface area contributed by atoms with Crippen molar-refractivity contribution in [2.24, 2.45) is 85.2 Å². The molecule has 8 rings (SSSR count). The molecule has 1 heterocycles. The summed E-state index contributed by atoms with van der Waals surface area (Å²) >= 11 is 0. The zero-order chi connectivity index (χ0) is 45.4. The Balaban J connectivity index is 0.975. The lowest BCUT2D eigenvalue weighted by Gasteiger charge is -2.73. The average Bonchev–Trinajstić information content (AvgIpc) is 3.58. The fourth-order valence-corrected chi connectivity index (χ4v) is 16.9. The largest absolute Gasteiger partial charge is 0.462 e. The number of rotatable bonds is 7. The van der Waals surface area contributed by atoms with Crippen LogP contribution in [-0.4, -0.2) is 72.7 Å². The van der Waals surface area contributed by atoms with Gasteiger partial charge in [0.05, 0.1) is 30.5 Å². The predicted molar refractivity (Wildman–Crippen MR) is 241 cm³/mol. The first kappa shape index (κ1) is 46.1. The molecular formula is C53H84N2O7. The number of hydrogen-bond acceptors (Lipinski definition) is 7. The maximum Gasteiger partial charge on any atom is 0.310 e. The summed E-state index contributed by atoms with van der Waals surface area (Å²) < 4.78 is 17.8. The molecule has 0 radical (unpaired) electrons. The van der Waals surface area contributed by atoms with Crippen LogP contribution in [0.15, 0.2) is 12.2 Å². The van der Waals surface area contributed by atoms with Crippen molar-refractivity contribution >= 4 is 23.8 Å². The number of hydrogen-bond donors (Lipinski definition) is 1. The van der Waals surface area contributed by atoms with E-state index < -0.39 is 16.4 Å².